The summed E-state index contributed by atoms with van der Waals surface area (Å²) in [6, 6.07) is 27.5. The molecule has 0 unspecified atom stereocenters. The summed E-state index contributed by atoms with van der Waals surface area (Å²) < 4.78 is 1.74. The lowest BCUT2D eigenvalue weighted by Gasteiger charge is -2.18. The predicted molar refractivity (Wildman–Crippen MR) is 141 cm³/mol. The smallest absolute Gasteiger partial charge is 0.238 e. The van der Waals surface area contributed by atoms with E-state index in [1.165, 1.54) is 11.3 Å². The summed E-state index contributed by atoms with van der Waals surface area (Å²) in [4.78, 5) is 14.0. The zero-order chi connectivity index (χ0) is 24.2. The molecule has 5 aromatic rings. The Bertz CT molecular complexity index is 1420. The van der Waals surface area contributed by atoms with Gasteiger partial charge in [0.05, 0.1) is 5.92 Å². The first kappa shape index (κ1) is 22.8. The van der Waals surface area contributed by atoms with Crippen molar-refractivity contribution in [3.05, 3.63) is 107 Å². The second-order valence-corrected chi connectivity index (χ2v) is 9.34. The quantitative estimate of drug-likeness (QED) is 0.336. The van der Waals surface area contributed by atoms with Crippen LogP contribution in [-0.4, -0.2) is 30.8 Å². The highest BCUT2D eigenvalue weighted by Crippen LogP contribution is 2.26. The molecule has 2 aromatic heterocycles. The van der Waals surface area contributed by atoms with Crippen LogP contribution in [0.4, 0.5) is 0 Å². The zero-order valence-electron chi connectivity index (χ0n) is 18.9. The van der Waals surface area contributed by atoms with Crippen LogP contribution in [0.2, 0.25) is 0 Å². The number of hydrogen-bond donors (Lipinski definition) is 2. The van der Waals surface area contributed by atoms with Gasteiger partial charge in [0.1, 0.15) is 5.01 Å². The Labute approximate surface area is 211 Å². The van der Waals surface area contributed by atoms with Crippen LogP contribution in [-0.2, 0) is 11.3 Å². The summed E-state index contributed by atoms with van der Waals surface area (Å²) in [6.45, 7) is 2.37. The second-order valence-electron chi connectivity index (χ2n) is 7.97. The Morgan fingerprint density at radius 3 is 2.17 bits per heavy atom. The fourth-order valence-electron chi connectivity index (χ4n) is 3.79. The van der Waals surface area contributed by atoms with Crippen molar-refractivity contribution >= 4 is 39.5 Å². The average molecular weight is 499 g/mol. The number of carbonyl (C=O) groups is 1. The van der Waals surface area contributed by atoms with Crippen LogP contribution in [0.5, 0.6) is 0 Å². The van der Waals surface area contributed by atoms with E-state index in [1.807, 2.05) is 91.9 Å². The topological polar surface area (TPSA) is 84.2 Å². The maximum atomic E-state index is 13.2. The van der Waals surface area contributed by atoms with E-state index in [0.29, 0.717) is 11.7 Å². The van der Waals surface area contributed by atoms with Gasteiger partial charge in [-0.1, -0.05) is 96.3 Å². The van der Waals surface area contributed by atoms with Crippen molar-refractivity contribution in [2.45, 2.75) is 19.4 Å². The van der Waals surface area contributed by atoms with Gasteiger partial charge in [0.15, 0.2) is 10.9 Å². The van der Waals surface area contributed by atoms with Crippen molar-refractivity contribution in [3.8, 4) is 10.6 Å². The fraction of sp³-hybridized carbons (Fsp3) is 0.115. The van der Waals surface area contributed by atoms with Crippen molar-refractivity contribution in [1.29, 1.82) is 0 Å². The van der Waals surface area contributed by atoms with E-state index in [2.05, 4.69) is 25.9 Å². The van der Waals surface area contributed by atoms with Crippen molar-refractivity contribution in [3.63, 3.8) is 0 Å². The molecule has 3 aromatic carbocycles. The SMILES string of the molecule is Cc1nnc2sc(-c3ccc(CNC(=S)NC(=O)C(c4ccccc4)c4ccccc4)cc3)nn12. The molecule has 1 amide bonds. The third kappa shape index (κ3) is 5.11. The molecule has 0 radical (unpaired) electrons. The van der Waals surface area contributed by atoms with Gasteiger partial charge in [-0.05, 0) is 35.8 Å². The van der Waals surface area contributed by atoms with Gasteiger partial charge in [-0.25, -0.2) is 0 Å². The minimum atomic E-state index is -0.449. The first-order valence-corrected chi connectivity index (χ1v) is 12.3. The molecule has 0 aliphatic rings. The van der Waals surface area contributed by atoms with Gasteiger partial charge >= 0.3 is 0 Å². The summed E-state index contributed by atoms with van der Waals surface area (Å²) in [6.07, 6.45) is 0. The highest BCUT2D eigenvalue weighted by molar-refractivity contribution is 7.80. The fourth-order valence-corrected chi connectivity index (χ4v) is 4.86. The molecule has 0 fully saturated rings. The first-order chi connectivity index (χ1) is 17.1. The molecule has 35 heavy (non-hydrogen) atoms. The molecular weight excluding hydrogens is 476 g/mol. The van der Waals surface area contributed by atoms with Crippen LogP contribution < -0.4 is 10.6 Å². The molecule has 0 atom stereocenters. The minimum Gasteiger partial charge on any atom is -0.358 e. The molecule has 0 bridgehead atoms. The molecule has 0 aliphatic carbocycles. The Morgan fingerprint density at radius 1 is 0.943 bits per heavy atom. The lowest BCUT2D eigenvalue weighted by molar-refractivity contribution is -0.120. The number of aromatic nitrogens is 4. The van der Waals surface area contributed by atoms with E-state index < -0.39 is 5.92 Å². The Morgan fingerprint density at radius 2 is 1.57 bits per heavy atom. The predicted octanol–water partition coefficient (Wildman–Crippen LogP) is 4.48. The number of hydrogen-bond acceptors (Lipinski definition) is 6. The summed E-state index contributed by atoms with van der Waals surface area (Å²) in [5.74, 6) is 0.143. The summed E-state index contributed by atoms with van der Waals surface area (Å²) in [5, 5.41) is 19.9. The third-order valence-corrected chi connectivity index (χ3v) is 6.76. The van der Waals surface area contributed by atoms with Gasteiger partial charge in [0, 0.05) is 12.1 Å². The van der Waals surface area contributed by atoms with Gasteiger partial charge in [0.25, 0.3) is 0 Å². The number of benzene rings is 3. The third-order valence-electron chi connectivity index (χ3n) is 5.57. The van der Waals surface area contributed by atoms with E-state index in [9.17, 15) is 4.79 Å². The maximum absolute atomic E-state index is 13.2. The number of rotatable bonds is 6. The summed E-state index contributed by atoms with van der Waals surface area (Å²) in [5.41, 5.74) is 3.87. The van der Waals surface area contributed by atoms with Gasteiger partial charge in [0.2, 0.25) is 10.9 Å². The van der Waals surface area contributed by atoms with Crippen LogP contribution >= 0.6 is 23.6 Å². The van der Waals surface area contributed by atoms with Crippen LogP contribution in [0.25, 0.3) is 15.5 Å². The minimum absolute atomic E-state index is 0.172. The van der Waals surface area contributed by atoms with E-state index in [1.54, 1.807) is 4.52 Å². The van der Waals surface area contributed by atoms with Crippen molar-refractivity contribution in [2.75, 3.05) is 0 Å². The lowest BCUT2D eigenvalue weighted by Crippen LogP contribution is -2.41. The average Bonchev–Trinajstić information content (AvgIpc) is 3.46. The lowest BCUT2D eigenvalue weighted by atomic mass is 9.90. The molecule has 9 heteroatoms. The Hall–Kier alpha value is -3.95. The monoisotopic (exact) mass is 498 g/mol. The normalized spacial score (nSPS) is 11.0. The molecule has 7 nitrogen and oxygen atoms in total. The molecular formula is C26H22N6OS2. The molecule has 2 N–H and O–H groups in total. The second kappa shape index (κ2) is 10.1. The molecule has 0 saturated carbocycles. The molecule has 0 spiro atoms. The van der Waals surface area contributed by atoms with Crippen molar-refractivity contribution < 1.29 is 4.79 Å². The number of thiocarbonyl (C=S) groups is 1. The molecule has 5 rings (SSSR count). The van der Waals surface area contributed by atoms with Crippen molar-refractivity contribution in [1.82, 2.24) is 30.4 Å². The number of nitrogens with one attached hydrogen (secondary N) is 2. The van der Waals surface area contributed by atoms with Crippen molar-refractivity contribution in [2.24, 2.45) is 0 Å². The van der Waals surface area contributed by atoms with E-state index in [0.717, 1.165) is 38.0 Å². The van der Waals surface area contributed by atoms with E-state index in [-0.39, 0.29) is 5.91 Å². The molecule has 0 aliphatic heterocycles. The number of aryl methyl sites for hydroxylation is 1. The Balaban J connectivity index is 1.22. The molecule has 0 saturated heterocycles. The maximum Gasteiger partial charge on any atom is 0.238 e. The van der Waals surface area contributed by atoms with Crippen LogP contribution in [0.15, 0.2) is 84.9 Å². The summed E-state index contributed by atoms with van der Waals surface area (Å²) in [7, 11) is 0. The number of nitrogens with zero attached hydrogens (tertiary/aromatic N) is 4. The van der Waals surface area contributed by atoms with Gasteiger partial charge in [-0.2, -0.15) is 9.61 Å². The van der Waals surface area contributed by atoms with Crippen LogP contribution in [0, 0.1) is 6.92 Å². The molecule has 174 valence electrons. The van der Waals surface area contributed by atoms with Gasteiger partial charge in [-0.15, -0.1) is 10.2 Å². The number of amides is 1. The zero-order valence-corrected chi connectivity index (χ0v) is 20.5. The highest BCUT2D eigenvalue weighted by atomic mass is 32.1. The van der Waals surface area contributed by atoms with E-state index in [4.69, 9.17) is 12.2 Å². The molecule has 2 heterocycles. The first-order valence-electron chi connectivity index (χ1n) is 11.1. The largest absolute Gasteiger partial charge is 0.358 e. The van der Waals surface area contributed by atoms with E-state index >= 15 is 0 Å². The number of fused-ring (bicyclic) bond motifs is 1. The standard InChI is InChI=1S/C26H22N6OS2/c1-17-29-30-26-32(17)31-24(35-26)21-14-12-18(13-15-21)16-27-25(34)28-23(33)22(19-8-4-2-5-9-19)20-10-6-3-7-11-20/h2-15,22H,16H2,1H3,(H2,27,28,33,34). The van der Waals surface area contributed by atoms with Gasteiger partial charge in [-0.3, -0.25) is 4.79 Å². The Kier molecular flexibility index (Phi) is 6.60. The summed E-state index contributed by atoms with van der Waals surface area (Å²) >= 11 is 6.92. The van der Waals surface area contributed by atoms with Gasteiger partial charge < -0.3 is 10.6 Å². The van der Waals surface area contributed by atoms with Crippen LogP contribution in [0.3, 0.4) is 0 Å². The van der Waals surface area contributed by atoms with Crippen LogP contribution in [0.1, 0.15) is 28.4 Å². The number of carbonyl (C=O) groups excluding carboxylic acids is 1. The highest BCUT2D eigenvalue weighted by Gasteiger charge is 2.23.